The van der Waals surface area contributed by atoms with Gasteiger partial charge in [-0.25, -0.2) is 22.5 Å². The van der Waals surface area contributed by atoms with Crippen LogP contribution in [0.1, 0.15) is 31.2 Å². The Hall–Kier alpha value is -3.27. The SMILES string of the molecule is O=S(=O)(NCC1CCC(CNc2nc(NCCc3ccc(F)cc3)c3ccccc3n2)CC1)c1ccc(Cl)cc1. The van der Waals surface area contributed by atoms with Crippen molar-refractivity contribution < 1.29 is 12.8 Å². The maximum absolute atomic E-state index is 13.2. The summed E-state index contributed by atoms with van der Waals surface area (Å²) in [6.45, 7) is 1.86. The molecule has 0 bridgehead atoms. The molecular weight excluding hydrogens is 549 g/mol. The van der Waals surface area contributed by atoms with Gasteiger partial charge in [-0.2, -0.15) is 4.98 Å². The Bertz CT molecular complexity index is 1530. The number of fused-ring (bicyclic) bond motifs is 1. The molecule has 0 unspecified atom stereocenters. The molecule has 0 radical (unpaired) electrons. The fourth-order valence-electron chi connectivity index (χ4n) is 5.07. The van der Waals surface area contributed by atoms with Crippen LogP contribution in [0.4, 0.5) is 16.2 Å². The highest BCUT2D eigenvalue weighted by atomic mass is 35.5. The van der Waals surface area contributed by atoms with E-state index in [9.17, 15) is 12.8 Å². The minimum absolute atomic E-state index is 0.231. The monoisotopic (exact) mass is 581 g/mol. The Kier molecular flexibility index (Phi) is 9.14. The molecule has 0 saturated heterocycles. The van der Waals surface area contributed by atoms with Gasteiger partial charge < -0.3 is 10.6 Å². The largest absolute Gasteiger partial charge is 0.369 e. The number of para-hydroxylation sites is 1. The van der Waals surface area contributed by atoms with Crippen molar-refractivity contribution in [2.45, 2.75) is 37.0 Å². The van der Waals surface area contributed by atoms with Gasteiger partial charge in [0.25, 0.3) is 0 Å². The lowest BCUT2D eigenvalue weighted by Crippen LogP contribution is -2.32. The lowest BCUT2D eigenvalue weighted by atomic mass is 9.82. The number of sulfonamides is 1. The van der Waals surface area contributed by atoms with Crippen LogP contribution < -0.4 is 15.4 Å². The molecule has 1 aliphatic rings. The fraction of sp³-hybridized carbons (Fsp3) is 0.333. The summed E-state index contributed by atoms with van der Waals surface area (Å²) >= 11 is 5.88. The van der Waals surface area contributed by atoms with Crippen molar-refractivity contribution >= 4 is 44.3 Å². The first-order chi connectivity index (χ1) is 19.4. The predicted molar refractivity (Wildman–Crippen MR) is 159 cm³/mol. The van der Waals surface area contributed by atoms with E-state index < -0.39 is 10.0 Å². The predicted octanol–water partition coefficient (Wildman–Crippen LogP) is 6.27. The molecule has 1 fully saturated rings. The average molecular weight is 582 g/mol. The molecule has 3 N–H and O–H groups in total. The van der Waals surface area contributed by atoms with E-state index in [0.717, 1.165) is 60.9 Å². The Balaban J connectivity index is 1.12. The van der Waals surface area contributed by atoms with Gasteiger partial charge in [0, 0.05) is 30.0 Å². The van der Waals surface area contributed by atoms with Crippen LogP contribution in [0.5, 0.6) is 0 Å². The van der Waals surface area contributed by atoms with E-state index in [1.807, 2.05) is 24.3 Å². The Morgan fingerprint density at radius 2 is 1.50 bits per heavy atom. The Labute approximate surface area is 239 Å². The smallest absolute Gasteiger partial charge is 0.240 e. The number of hydrogen-bond acceptors (Lipinski definition) is 6. The van der Waals surface area contributed by atoms with E-state index >= 15 is 0 Å². The zero-order valence-electron chi connectivity index (χ0n) is 22.1. The fourth-order valence-corrected chi connectivity index (χ4v) is 6.31. The molecule has 0 atom stereocenters. The summed E-state index contributed by atoms with van der Waals surface area (Å²) in [5, 5.41) is 8.32. The first-order valence-electron chi connectivity index (χ1n) is 13.6. The number of aromatic nitrogens is 2. The highest BCUT2D eigenvalue weighted by Gasteiger charge is 2.23. The summed E-state index contributed by atoms with van der Waals surface area (Å²) < 4.78 is 41.1. The van der Waals surface area contributed by atoms with E-state index in [-0.39, 0.29) is 10.7 Å². The molecule has 0 aliphatic heterocycles. The van der Waals surface area contributed by atoms with Gasteiger partial charge in [0.05, 0.1) is 10.4 Å². The van der Waals surface area contributed by atoms with Crippen molar-refractivity contribution in [3.8, 4) is 0 Å². The summed E-state index contributed by atoms with van der Waals surface area (Å²) in [7, 11) is -3.54. The third kappa shape index (κ3) is 7.47. The maximum atomic E-state index is 13.2. The topological polar surface area (TPSA) is 96.0 Å². The molecule has 40 heavy (non-hydrogen) atoms. The standard InChI is InChI=1S/C30H33ClFN5O2S/c31-24-11-15-26(16-12-24)40(38,39)35-20-23-7-5-22(6-8-23)19-34-30-36-28-4-2-1-3-27(28)29(37-30)33-18-17-21-9-13-25(32)14-10-21/h1-4,9-16,22-23,35H,5-8,17-20H2,(H2,33,34,36,37). The molecule has 210 valence electrons. The van der Waals surface area contributed by atoms with E-state index in [2.05, 4.69) is 15.4 Å². The normalized spacial score (nSPS) is 17.6. The molecule has 0 spiro atoms. The molecule has 1 aliphatic carbocycles. The molecule has 1 heterocycles. The number of benzene rings is 3. The lowest BCUT2D eigenvalue weighted by Gasteiger charge is -2.28. The van der Waals surface area contributed by atoms with Gasteiger partial charge in [-0.3, -0.25) is 0 Å². The number of nitrogens with zero attached hydrogens (tertiary/aromatic N) is 2. The van der Waals surface area contributed by atoms with E-state index in [1.165, 1.54) is 24.3 Å². The van der Waals surface area contributed by atoms with Crippen molar-refractivity contribution in [2.24, 2.45) is 11.8 Å². The molecule has 7 nitrogen and oxygen atoms in total. The summed E-state index contributed by atoms with van der Waals surface area (Å²) in [5.41, 5.74) is 1.92. The van der Waals surface area contributed by atoms with Gasteiger partial charge in [0.2, 0.25) is 16.0 Å². The minimum atomic E-state index is -3.54. The molecule has 5 rings (SSSR count). The van der Waals surface area contributed by atoms with Crippen LogP contribution >= 0.6 is 11.6 Å². The van der Waals surface area contributed by atoms with Gasteiger partial charge >= 0.3 is 0 Å². The van der Waals surface area contributed by atoms with Crippen molar-refractivity contribution in [3.63, 3.8) is 0 Å². The zero-order valence-corrected chi connectivity index (χ0v) is 23.7. The first-order valence-corrected chi connectivity index (χ1v) is 15.5. The van der Waals surface area contributed by atoms with Crippen LogP contribution in [-0.2, 0) is 16.4 Å². The van der Waals surface area contributed by atoms with Crippen LogP contribution in [0, 0.1) is 17.7 Å². The Morgan fingerprint density at radius 3 is 2.23 bits per heavy atom. The third-order valence-corrected chi connectivity index (χ3v) is 9.12. The minimum Gasteiger partial charge on any atom is -0.369 e. The number of halogens is 2. The van der Waals surface area contributed by atoms with Crippen LogP contribution in [-0.4, -0.2) is 38.0 Å². The number of hydrogen-bond donors (Lipinski definition) is 3. The molecule has 3 aromatic carbocycles. The van der Waals surface area contributed by atoms with Crippen molar-refractivity contribution in [1.29, 1.82) is 0 Å². The third-order valence-electron chi connectivity index (χ3n) is 7.42. The first kappa shape index (κ1) is 28.3. The molecule has 1 aromatic heterocycles. The molecular formula is C30H33ClFN5O2S. The van der Waals surface area contributed by atoms with Gasteiger partial charge in [0.15, 0.2) is 0 Å². The van der Waals surface area contributed by atoms with Crippen LogP contribution in [0.3, 0.4) is 0 Å². The summed E-state index contributed by atoms with van der Waals surface area (Å²) in [6, 6.07) is 20.7. The summed E-state index contributed by atoms with van der Waals surface area (Å²) in [6.07, 6.45) is 4.70. The summed E-state index contributed by atoms with van der Waals surface area (Å²) in [5.74, 6) is 1.90. The number of rotatable bonds is 11. The van der Waals surface area contributed by atoms with Gasteiger partial charge in [-0.15, -0.1) is 0 Å². The number of nitrogens with one attached hydrogen (secondary N) is 3. The van der Waals surface area contributed by atoms with E-state index in [1.54, 1.807) is 24.3 Å². The van der Waals surface area contributed by atoms with Crippen LogP contribution in [0.15, 0.2) is 77.7 Å². The second-order valence-electron chi connectivity index (χ2n) is 10.3. The second kappa shape index (κ2) is 12.9. The van der Waals surface area contributed by atoms with Crippen LogP contribution in [0.2, 0.25) is 5.02 Å². The zero-order chi connectivity index (χ0) is 28.0. The van der Waals surface area contributed by atoms with Crippen molar-refractivity contribution in [2.75, 3.05) is 30.3 Å². The maximum Gasteiger partial charge on any atom is 0.240 e. The highest BCUT2D eigenvalue weighted by molar-refractivity contribution is 7.89. The number of anilines is 2. The van der Waals surface area contributed by atoms with Gasteiger partial charge in [-0.1, -0.05) is 35.9 Å². The van der Waals surface area contributed by atoms with Crippen molar-refractivity contribution in [1.82, 2.24) is 14.7 Å². The van der Waals surface area contributed by atoms with E-state index in [4.69, 9.17) is 21.6 Å². The molecule has 4 aromatic rings. The lowest BCUT2D eigenvalue weighted by molar-refractivity contribution is 0.284. The van der Waals surface area contributed by atoms with E-state index in [0.29, 0.717) is 35.9 Å². The second-order valence-corrected chi connectivity index (χ2v) is 12.5. The molecule has 1 saturated carbocycles. The summed E-state index contributed by atoms with van der Waals surface area (Å²) in [4.78, 5) is 9.70. The molecule has 0 amide bonds. The van der Waals surface area contributed by atoms with Gasteiger partial charge in [0.1, 0.15) is 11.6 Å². The van der Waals surface area contributed by atoms with Crippen molar-refractivity contribution in [3.05, 3.63) is 89.2 Å². The van der Waals surface area contributed by atoms with Crippen LogP contribution in [0.25, 0.3) is 10.9 Å². The Morgan fingerprint density at radius 1 is 0.825 bits per heavy atom. The van der Waals surface area contributed by atoms with Gasteiger partial charge in [-0.05, 0) is 98.0 Å². The average Bonchev–Trinajstić information content (AvgIpc) is 2.97. The molecule has 10 heteroatoms. The highest BCUT2D eigenvalue weighted by Crippen LogP contribution is 2.29. The quantitative estimate of drug-likeness (QED) is 0.193.